The van der Waals surface area contributed by atoms with E-state index in [1.54, 1.807) is 7.11 Å². The lowest BCUT2D eigenvalue weighted by atomic mass is 9.96. The summed E-state index contributed by atoms with van der Waals surface area (Å²) < 4.78 is 18.2. The topological polar surface area (TPSA) is 27.7 Å². The normalized spacial score (nSPS) is 32.4. The van der Waals surface area contributed by atoms with Gasteiger partial charge in [-0.15, -0.1) is 0 Å². The first-order chi connectivity index (χ1) is 11.2. The van der Waals surface area contributed by atoms with Gasteiger partial charge in [0.25, 0.3) is 0 Å². The third-order valence-electron chi connectivity index (χ3n) is 5.76. The van der Waals surface area contributed by atoms with Crippen molar-refractivity contribution in [3.05, 3.63) is 29.8 Å². The van der Waals surface area contributed by atoms with Gasteiger partial charge in [-0.2, -0.15) is 0 Å². The van der Waals surface area contributed by atoms with E-state index in [9.17, 15) is 0 Å². The molecule has 2 unspecified atom stereocenters. The standard InChI is InChI=1S/C18H30O3Si2/c1-19-16-8-6-15(7-9-16)14-23-18(11-3-5-13-21-18)17(22)10-2-4-12-20-17/h6-9H,2-5,10-14,23H2,1,22H3. The minimum absolute atomic E-state index is 0.0738. The van der Waals surface area contributed by atoms with Crippen molar-refractivity contribution < 1.29 is 14.2 Å². The minimum Gasteiger partial charge on any atom is -0.497 e. The van der Waals surface area contributed by atoms with Gasteiger partial charge in [0.15, 0.2) is 0 Å². The SMILES string of the molecule is COc1ccc(C[SiH2]C2(C3([SiH3])CCCCO3)CCCCO2)cc1. The maximum Gasteiger partial charge on any atom is 0.118 e. The highest BCUT2D eigenvalue weighted by atomic mass is 28.2. The summed E-state index contributed by atoms with van der Waals surface area (Å²) in [7, 11) is 2.40. The second-order valence-corrected chi connectivity index (χ2v) is 10.9. The Labute approximate surface area is 145 Å². The largest absolute Gasteiger partial charge is 0.497 e. The van der Waals surface area contributed by atoms with E-state index in [0.717, 1.165) is 29.2 Å². The lowest BCUT2D eigenvalue weighted by Crippen LogP contribution is -2.64. The van der Waals surface area contributed by atoms with Crippen LogP contribution in [-0.4, -0.2) is 50.5 Å². The van der Waals surface area contributed by atoms with Crippen molar-refractivity contribution in [2.45, 2.75) is 55.0 Å². The van der Waals surface area contributed by atoms with Gasteiger partial charge in [-0.3, -0.25) is 0 Å². The highest BCUT2D eigenvalue weighted by Gasteiger charge is 2.50. The van der Waals surface area contributed by atoms with Gasteiger partial charge in [-0.1, -0.05) is 17.7 Å². The number of hydrogen-bond donors (Lipinski definition) is 0. The first-order valence-corrected chi connectivity index (χ1v) is 11.8. The van der Waals surface area contributed by atoms with E-state index in [2.05, 4.69) is 24.3 Å². The van der Waals surface area contributed by atoms with Crippen LogP contribution in [0.25, 0.3) is 0 Å². The average Bonchev–Trinajstić information content (AvgIpc) is 2.62. The predicted octanol–water partition coefficient (Wildman–Crippen LogP) is 1.52. The van der Waals surface area contributed by atoms with Crippen molar-refractivity contribution in [1.82, 2.24) is 0 Å². The lowest BCUT2D eigenvalue weighted by Gasteiger charge is -2.52. The molecule has 0 radical (unpaired) electrons. The Balaban J connectivity index is 1.73. The molecule has 0 aromatic heterocycles. The molecule has 128 valence electrons. The quantitative estimate of drug-likeness (QED) is 0.754. The van der Waals surface area contributed by atoms with Crippen LogP contribution in [0.1, 0.15) is 44.1 Å². The summed E-state index contributed by atoms with van der Waals surface area (Å²) in [5.74, 6) is 0.939. The Morgan fingerprint density at radius 2 is 1.74 bits per heavy atom. The molecule has 0 N–H and O–H groups in total. The van der Waals surface area contributed by atoms with Gasteiger partial charge in [0.05, 0.1) is 27.1 Å². The van der Waals surface area contributed by atoms with Crippen LogP contribution in [0.15, 0.2) is 24.3 Å². The number of benzene rings is 1. The predicted molar refractivity (Wildman–Crippen MR) is 100 cm³/mol. The van der Waals surface area contributed by atoms with E-state index >= 15 is 0 Å². The Bertz CT molecular complexity index is 491. The molecule has 2 fully saturated rings. The van der Waals surface area contributed by atoms with Gasteiger partial charge in [0, 0.05) is 23.5 Å². The van der Waals surface area contributed by atoms with Crippen LogP contribution in [0.5, 0.6) is 5.75 Å². The second-order valence-electron chi connectivity index (χ2n) is 7.18. The lowest BCUT2D eigenvalue weighted by molar-refractivity contribution is -0.159. The molecule has 1 aromatic rings. The molecule has 3 rings (SSSR count). The van der Waals surface area contributed by atoms with Gasteiger partial charge < -0.3 is 14.2 Å². The van der Waals surface area contributed by atoms with Crippen molar-refractivity contribution in [1.29, 1.82) is 0 Å². The first kappa shape index (κ1) is 17.2. The number of ether oxygens (including phenoxy) is 3. The van der Waals surface area contributed by atoms with Crippen LogP contribution in [0.2, 0.25) is 0 Å². The molecule has 5 heteroatoms. The zero-order chi connectivity index (χ0) is 16.2. The van der Waals surface area contributed by atoms with E-state index in [1.165, 1.54) is 50.1 Å². The zero-order valence-corrected chi connectivity index (χ0v) is 18.0. The second kappa shape index (κ2) is 7.51. The van der Waals surface area contributed by atoms with Crippen molar-refractivity contribution >= 4 is 19.8 Å². The maximum absolute atomic E-state index is 6.52. The summed E-state index contributed by atoms with van der Waals surface area (Å²) in [6.07, 6.45) is 7.50. The van der Waals surface area contributed by atoms with Crippen molar-refractivity contribution in [3.8, 4) is 5.75 Å². The van der Waals surface area contributed by atoms with Crippen LogP contribution in [-0.2, 0) is 15.5 Å². The van der Waals surface area contributed by atoms with Crippen molar-refractivity contribution in [3.63, 3.8) is 0 Å². The van der Waals surface area contributed by atoms with Crippen LogP contribution in [0.3, 0.4) is 0 Å². The Hall–Kier alpha value is -0.626. The Kier molecular flexibility index (Phi) is 5.62. The number of hydrogen-bond acceptors (Lipinski definition) is 3. The molecule has 23 heavy (non-hydrogen) atoms. The zero-order valence-electron chi connectivity index (χ0n) is 14.6. The van der Waals surface area contributed by atoms with Gasteiger partial charge >= 0.3 is 0 Å². The number of methoxy groups -OCH3 is 1. The molecule has 0 aliphatic carbocycles. The molecule has 3 nitrogen and oxygen atoms in total. The highest BCUT2D eigenvalue weighted by Crippen LogP contribution is 2.40. The summed E-state index contributed by atoms with van der Waals surface area (Å²) in [5, 5.41) is 0.155. The molecule has 2 saturated heterocycles. The fourth-order valence-electron chi connectivity index (χ4n) is 4.16. The molecule has 2 atom stereocenters. The van der Waals surface area contributed by atoms with Gasteiger partial charge in [-0.25, -0.2) is 0 Å². The van der Waals surface area contributed by atoms with E-state index in [1.807, 2.05) is 0 Å². The van der Waals surface area contributed by atoms with Gasteiger partial charge in [0.2, 0.25) is 0 Å². The summed E-state index contributed by atoms with van der Waals surface area (Å²) in [4.78, 5) is 0. The monoisotopic (exact) mass is 350 g/mol. The third kappa shape index (κ3) is 3.73. The van der Waals surface area contributed by atoms with E-state index in [-0.39, 0.29) is 10.4 Å². The maximum atomic E-state index is 6.52. The Morgan fingerprint density at radius 3 is 2.30 bits per heavy atom. The molecular weight excluding hydrogens is 320 g/mol. The Morgan fingerprint density at radius 1 is 1.04 bits per heavy atom. The molecule has 0 amide bonds. The summed E-state index contributed by atoms with van der Waals surface area (Å²) in [6, 6.07) is 9.77. The van der Waals surface area contributed by atoms with Crippen LogP contribution in [0, 0.1) is 0 Å². The fourth-order valence-corrected chi connectivity index (χ4v) is 8.49. The first-order valence-electron chi connectivity index (χ1n) is 9.08. The van der Waals surface area contributed by atoms with Crippen LogP contribution >= 0.6 is 0 Å². The minimum atomic E-state index is -0.413. The molecule has 0 saturated carbocycles. The van der Waals surface area contributed by atoms with E-state index < -0.39 is 9.52 Å². The fraction of sp³-hybridized carbons (Fsp3) is 0.667. The molecule has 1 aromatic carbocycles. The van der Waals surface area contributed by atoms with Gasteiger partial charge in [0.1, 0.15) is 5.75 Å². The van der Waals surface area contributed by atoms with E-state index in [0.29, 0.717) is 0 Å². The molecule has 0 spiro atoms. The molecule has 2 heterocycles. The van der Waals surface area contributed by atoms with Crippen molar-refractivity contribution in [2.75, 3.05) is 20.3 Å². The summed E-state index contributed by atoms with van der Waals surface area (Å²) in [6.45, 7) is 1.87. The van der Waals surface area contributed by atoms with Crippen LogP contribution < -0.4 is 4.74 Å². The third-order valence-corrected chi connectivity index (χ3v) is 11.1. The van der Waals surface area contributed by atoms with Gasteiger partial charge in [-0.05, 0) is 56.7 Å². The molecule has 0 bridgehead atoms. The smallest absolute Gasteiger partial charge is 0.118 e. The molecule has 2 aliphatic rings. The van der Waals surface area contributed by atoms with Crippen LogP contribution in [0.4, 0.5) is 0 Å². The summed E-state index contributed by atoms with van der Waals surface area (Å²) in [5.41, 5.74) is 1.42. The molecular formula is C18H30O3Si2. The number of rotatable bonds is 5. The molecule has 2 aliphatic heterocycles. The average molecular weight is 351 g/mol. The van der Waals surface area contributed by atoms with Crippen molar-refractivity contribution in [2.24, 2.45) is 0 Å². The summed E-state index contributed by atoms with van der Waals surface area (Å²) >= 11 is 0. The highest BCUT2D eigenvalue weighted by molar-refractivity contribution is 6.42. The van der Waals surface area contributed by atoms with E-state index in [4.69, 9.17) is 14.2 Å².